The van der Waals surface area contributed by atoms with E-state index in [2.05, 4.69) is 64.4 Å². The molecule has 0 saturated carbocycles. The first-order chi connectivity index (χ1) is 29.1. The minimum absolute atomic E-state index is 0.0821. The maximum Gasteiger partial charge on any atom is 0.263 e. The van der Waals surface area contributed by atoms with Crippen LogP contribution in [0.15, 0.2) is 142 Å². The van der Waals surface area contributed by atoms with Crippen molar-refractivity contribution >= 4 is 94.9 Å². The molecule has 14 nitrogen and oxygen atoms in total. The summed E-state index contributed by atoms with van der Waals surface area (Å²) in [6.07, 6.45) is 2.40. The van der Waals surface area contributed by atoms with Crippen LogP contribution < -0.4 is 29.6 Å². The fourth-order valence-electron chi connectivity index (χ4n) is 7.35. The minimum atomic E-state index is -3.77. The van der Waals surface area contributed by atoms with Crippen LogP contribution in [0, 0.1) is 0 Å². The number of aliphatic hydroxyl groups is 1. The Hall–Kier alpha value is -5.28. The van der Waals surface area contributed by atoms with E-state index in [-0.39, 0.29) is 26.6 Å². The van der Waals surface area contributed by atoms with E-state index in [1.54, 1.807) is 39.9 Å². The van der Waals surface area contributed by atoms with Gasteiger partial charge in [0.2, 0.25) is 0 Å². The molecular formula is C42H44N6O8S4Si. The van der Waals surface area contributed by atoms with Crippen LogP contribution in [-0.4, -0.2) is 77.3 Å². The van der Waals surface area contributed by atoms with E-state index in [0.717, 1.165) is 10.4 Å². The Balaban J connectivity index is 0.000000215. The molecule has 2 aliphatic rings. The summed E-state index contributed by atoms with van der Waals surface area (Å²) in [6, 6.07) is 32.8. The number of carbonyl (C=O) groups excluding carboxylic acids is 2. The zero-order valence-corrected chi connectivity index (χ0v) is 37.7. The zero-order valence-electron chi connectivity index (χ0n) is 33.4. The lowest BCUT2D eigenvalue weighted by Gasteiger charge is -2.44. The first kappa shape index (κ1) is 43.8. The average Bonchev–Trinajstić information content (AvgIpc) is 4.08. The van der Waals surface area contributed by atoms with Gasteiger partial charge in [-0.2, -0.15) is 0 Å². The Bertz CT molecular complexity index is 2610. The molecule has 4 heterocycles. The molecule has 19 heteroatoms. The van der Waals surface area contributed by atoms with Crippen LogP contribution in [0.4, 0.5) is 21.6 Å². The number of carbonyl (C=O) groups is 2. The molecule has 61 heavy (non-hydrogen) atoms. The van der Waals surface area contributed by atoms with Crippen LogP contribution in [0.3, 0.4) is 0 Å². The number of amides is 2. The molecule has 0 bridgehead atoms. The number of aromatic nitrogens is 2. The average molecular weight is 917 g/mol. The summed E-state index contributed by atoms with van der Waals surface area (Å²) in [5.74, 6) is -0.476. The van der Waals surface area contributed by atoms with Crippen LogP contribution in [0.2, 0.25) is 5.04 Å². The predicted molar refractivity (Wildman–Crippen MR) is 241 cm³/mol. The first-order valence-electron chi connectivity index (χ1n) is 19.2. The number of nitrogens with zero attached hydrogens (tertiary/aromatic N) is 4. The van der Waals surface area contributed by atoms with E-state index in [1.807, 2.05) is 36.4 Å². The fourth-order valence-corrected chi connectivity index (χ4v) is 15.6. The highest BCUT2D eigenvalue weighted by atomic mass is 32.2. The van der Waals surface area contributed by atoms with Crippen molar-refractivity contribution in [3.05, 3.63) is 132 Å². The fraction of sp³-hybridized carbons (Fsp3) is 0.238. The molecule has 6 aromatic rings. The Morgan fingerprint density at radius 3 is 1.46 bits per heavy atom. The molecule has 0 spiro atoms. The van der Waals surface area contributed by atoms with Gasteiger partial charge in [0, 0.05) is 54.0 Å². The lowest BCUT2D eigenvalue weighted by atomic mass is 10.2. The highest BCUT2D eigenvalue weighted by molar-refractivity contribution is 7.93. The molecule has 2 amide bonds. The summed E-state index contributed by atoms with van der Waals surface area (Å²) in [7, 11) is -10.4. The second-order valence-corrected chi connectivity index (χ2v) is 24.6. The Morgan fingerprint density at radius 2 is 1.08 bits per heavy atom. The van der Waals surface area contributed by atoms with Crippen LogP contribution in [0.25, 0.3) is 0 Å². The van der Waals surface area contributed by atoms with Gasteiger partial charge in [-0.05, 0) is 70.4 Å². The van der Waals surface area contributed by atoms with E-state index < -0.39 is 40.6 Å². The quantitative estimate of drug-likeness (QED) is 0.129. The van der Waals surface area contributed by atoms with Gasteiger partial charge < -0.3 is 19.3 Å². The summed E-state index contributed by atoms with van der Waals surface area (Å²) in [5, 5.41) is 15.4. The number of hydrogen-bond acceptors (Lipinski definition) is 12. The molecule has 2 aromatic heterocycles. The van der Waals surface area contributed by atoms with Crippen LogP contribution >= 0.6 is 22.7 Å². The Labute approximate surface area is 364 Å². The SMILES string of the molecule is CC(C)(C)[Si](O[C@@H]1CCN(c2ccc(S(=O)(=O)Nc3nccs3)cc2)C1=O)(c1ccccc1)c1ccccc1.O=C1[C@H](O)CCN1c1ccc(S(=O)(=O)Nc2nccs2)cc1. The first-order valence-corrected chi connectivity index (χ1v) is 25.9. The number of nitrogens with one attached hydrogen (secondary N) is 2. The van der Waals surface area contributed by atoms with Crippen molar-refractivity contribution in [1.29, 1.82) is 0 Å². The van der Waals surface area contributed by atoms with Crippen LogP contribution in [0.1, 0.15) is 33.6 Å². The van der Waals surface area contributed by atoms with Crippen molar-refractivity contribution < 1.29 is 36.0 Å². The summed E-state index contributed by atoms with van der Waals surface area (Å²) in [5.41, 5.74) is 1.21. The number of benzene rings is 4. The second-order valence-electron chi connectivity index (χ2n) is 15.2. The van der Waals surface area contributed by atoms with E-state index >= 15 is 0 Å². The zero-order chi connectivity index (χ0) is 43.4. The molecule has 2 aliphatic heterocycles. The molecular weight excluding hydrogens is 873 g/mol. The molecule has 3 N–H and O–H groups in total. The summed E-state index contributed by atoms with van der Waals surface area (Å²) in [6.45, 7) is 7.48. The summed E-state index contributed by atoms with van der Waals surface area (Å²) < 4.78 is 61.7. The lowest BCUT2D eigenvalue weighted by Crippen LogP contribution is -2.68. The second kappa shape index (κ2) is 18.0. The maximum absolute atomic E-state index is 13.8. The molecule has 0 aliphatic carbocycles. The smallest absolute Gasteiger partial charge is 0.263 e. The van der Waals surface area contributed by atoms with Gasteiger partial charge in [0.05, 0.1) is 9.79 Å². The van der Waals surface area contributed by atoms with E-state index in [0.29, 0.717) is 47.6 Å². The molecule has 0 radical (unpaired) electrons. The third-order valence-corrected chi connectivity index (χ3v) is 19.7. The molecule has 318 valence electrons. The highest BCUT2D eigenvalue weighted by Gasteiger charge is 2.53. The van der Waals surface area contributed by atoms with Crippen molar-refractivity contribution in [1.82, 2.24) is 9.97 Å². The maximum atomic E-state index is 13.8. The van der Waals surface area contributed by atoms with Gasteiger partial charge in [0.25, 0.3) is 40.2 Å². The summed E-state index contributed by atoms with van der Waals surface area (Å²) in [4.78, 5) is 36.7. The minimum Gasteiger partial charge on any atom is -0.395 e. The predicted octanol–water partition coefficient (Wildman–Crippen LogP) is 5.67. The van der Waals surface area contributed by atoms with Crippen molar-refractivity contribution in [2.45, 2.75) is 60.7 Å². The van der Waals surface area contributed by atoms with Crippen molar-refractivity contribution in [3.63, 3.8) is 0 Å². The number of hydrogen-bond donors (Lipinski definition) is 3. The number of aliphatic hydroxyl groups excluding tert-OH is 1. The third-order valence-electron chi connectivity index (χ3n) is 10.3. The largest absolute Gasteiger partial charge is 0.395 e. The Kier molecular flexibility index (Phi) is 12.9. The topological polar surface area (TPSA) is 188 Å². The van der Waals surface area contributed by atoms with E-state index in [4.69, 9.17) is 4.43 Å². The van der Waals surface area contributed by atoms with Gasteiger partial charge >= 0.3 is 0 Å². The van der Waals surface area contributed by atoms with Crippen molar-refractivity contribution in [2.24, 2.45) is 0 Å². The normalized spacial score (nSPS) is 17.2. The number of anilines is 4. The van der Waals surface area contributed by atoms with E-state index in [1.165, 1.54) is 64.2 Å². The lowest BCUT2D eigenvalue weighted by molar-refractivity contribution is -0.124. The standard InChI is InChI=1S/C29H31N3O4S2Si.C13H13N3O4S2/c1-29(2,3)39(24-10-6-4-7-11-24,25-12-8-5-9-13-25)36-26-18-20-32(27(26)33)22-14-16-23(17-15-22)38(34,35)31-28-30-19-21-37-28;17-11-5-7-16(12(11)18)9-1-3-10(4-2-9)22(19,20)15-13-14-6-8-21-13/h4-17,19,21,26H,18,20H2,1-3H3,(H,30,31);1-4,6,8,11,17H,5,7H2,(H,14,15)/t26-;11-/m11/s1. The third kappa shape index (κ3) is 9.47. The molecule has 8 rings (SSSR count). The molecule has 0 unspecified atom stereocenters. The molecule has 4 aromatic carbocycles. The van der Waals surface area contributed by atoms with Gasteiger partial charge in [-0.15, -0.1) is 22.7 Å². The summed E-state index contributed by atoms with van der Waals surface area (Å²) >= 11 is 2.39. The Morgan fingerprint density at radius 1 is 0.656 bits per heavy atom. The van der Waals surface area contributed by atoms with Crippen molar-refractivity contribution in [2.75, 3.05) is 32.3 Å². The molecule has 2 saturated heterocycles. The van der Waals surface area contributed by atoms with Crippen LogP contribution in [0.5, 0.6) is 0 Å². The van der Waals surface area contributed by atoms with Gasteiger partial charge in [-0.1, -0.05) is 81.4 Å². The van der Waals surface area contributed by atoms with Gasteiger partial charge in [0.1, 0.15) is 12.2 Å². The molecule has 2 atom stereocenters. The van der Waals surface area contributed by atoms with Crippen LogP contribution in [-0.2, 0) is 34.1 Å². The number of thiazole rings is 2. The van der Waals surface area contributed by atoms with Gasteiger partial charge in [0.15, 0.2) is 10.3 Å². The highest BCUT2D eigenvalue weighted by Crippen LogP contribution is 2.39. The van der Waals surface area contributed by atoms with Gasteiger partial charge in [-0.3, -0.25) is 19.0 Å². The number of sulfonamides is 2. The van der Waals surface area contributed by atoms with Gasteiger partial charge in [-0.25, -0.2) is 26.8 Å². The monoisotopic (exact) mass is 916 g/mol. The number of rotatable bonds is 12. The van der Waals surface area contributed by atoms with E-state index in [9.17, 15) is 31.5 Å². The van der Waals surface area contributed by atoms with Crippen molar-refractivity contribution in [3.8, 4) is 0 Å². The molecule has 2 fully saturated rings.